The Kier molecular flexibility index (Phi) is 4.84. The van der Waals surface area contributed by atoms with Crippen LogP contribution >= 0.6 is 0 Å². The van der Waals surface area contributed by atoms with Crippen LogP contribution in [0.5, 0.6) is 5.88 Å². The molecular formula is C12H18N2O. The summed E-state index contributed by atoms with van der Waals surface area (Å²) in [6.07, 6.45) is 1.72. The molecule has 0 aliphatic heterocycles. The first kappa shape index (κ1) is 11.7. The molecule has 0 radical (unpaired) electrons. The van der Waals surface area contributed by atoms with Crippen LogP contribution in [0, 0.1) is 6.92 Å². The fourth-order valence-electron chi connectivity index (χ4n) is 1.30. The van der Waals surface area contributed by atoms with Crippen molar-refractivity contribution in [1.82, 2.24) is 10.3 Å². The Labute approximate surface area is 91.2 Å². The lowest BCUT2D eigenvalue weighted by molar-refractivity contribution is 0.347. The molecule has 0 atom stereocenters. The molecule has 3 nitrogen and oxygen atoms in total. The van der Waals surface area contributed by atoms with Gasteiger partial charge in [0, 0.05) is 18.3 Å². The fourth-order valence-corrected chi connectivity index (χ4v) is 1.30. The quantitative estimate of drug-likeness (QED) is 0.723. The SMILES string of the molecule is C=CCOc1cc(CNCC)cc(C)n1. The van der Waals surface area contributed by atoms with Crippen molar-refractivity contribution in [1.29, 1.82) is 0 Å². The topological polar surface area (TPSA) is 34.1 Å². The van der Waals surface area contributed by atoms with E-state index >= 15 is 0 Å². The number of ether oxygens (including phenoxy) is 1. The molecule has 0 fully saturated rings. The molecular weight excluding hydrogens is 188 g/mol. The number of nitrogens with one attached hydrogen (secondary N) is 1. The highest BCUT2D eigenvalue weighted by Gasteiger charge is 2.00. The smallest absolute Gasteiger partial charge is 0.214 e. The van der Waals surface area contributed by atoms with E-state index in [1.165, 1.54) is 5.56 Å². The summed E-state index contributed by atoms with van der Waals surface area (Å²) in [5.41, 5.74) is 2.17. The highest BCUT2D eigenvalue weighted by molar-refractivity contribution is 5.24. The van der Waals surface area contributed by atoms with E-state index in [1.54, 1.807) is 6.08 Å². The summed E-state index contributed by atoms with van der Waals surface area (Å²) in [6, 6.07) is 4.02. The Morgan fingerprint density at radius 2 is 2.33 bits per heavy atom. The van der Waals surface area contributed by atoms with E-state index in [1.807, 2.05) is 13.0 Å². The van der Waals surface area contributed by atoms with Crippen LogP contribution in [0.2, 0.25) is 0 Å². The first-order valence-electron chi connectivity index (χ1n) is 5.18. The van der Waals surface area contributed by atoms with Crippen molar-refractivity contribution in [2.24, 2.45) is 0 Å². The van der Waals surface area contributed by atoms with Crippen LogP contribution < -0.4 is 10.1 Å². The van der Waals surface area contributed by atoms with Crippen molar-refractivity contribution >= 4 is 0 Å². The van der Waals surface area contributed by atoms with Gasteiger partial charge in [0.2, 0.25) is 5.88 Å². The molecule has 1 heterocycles. The Morgan fingerprint density at radius 1 is 1.53 bits per heavy atom. The number of hydrogen-bond donors (Lipinski definition) is 1. The van der Waals surface area contributed by atoms with Crippen molar-refractivity contribution in [3.63, 3.8) is 0 Å². The van der Waals surface area contributed by atoms with E-state index in [9.17, 15) is 0 Å². The van der Waals surface area contributed by atoms with Gasteiger partial charge in [0.05, 0.1) is 0 Å². The number of nitrogens with zero attached hydrogens (tertiary/aromatic N) is 1. The summed E-state index contributed by atoms with van der Waals surface area (Å²) >= 11 is 0. The molecule has 0 unspecified atom stereocenters. The van der Waals surface area contributed by atoms with Gasteiger partial charge in [-0.2, -0.15) is 0 Å². The average Bonchev–Trinajstić information content (AvgIpc) is 2.23. The van der Waals surface area contributed by atoms with Crippen LogP contribution in [-0.2, 0) is 6.54 Å². The van der Waals surface area contributed by atoms with E-state index in [0.29, 0.717) is 12.5 Å². The number of pyridine rings is 1. The first-order valence-corrected chi connectivity index (χ1v) is 5.18. The van der Waals surface area contributed by atoms with Gasteiger partial charge in [0.1, 0.15) is 6.61 Å². The van der Waals surface area contributed by atoms with Gasteiger partial charge in [0.15, 0.2) is 0 Å². The van der Waals surface area contributed by atoms with E-state index < -0.39 is 0 Å². The summed E-state index contributed by atoms with van der Waals surface area (Å²) in [6.45, 7) is 9.97. The van der Waals surface area contributed by atoms with Crippen LogP contribution in [0.15, 0.2) is 24.8 Å². The van der Waals surface area contributed by atoms with Crippen LogP contribution in [0.25, 0.3) is 0 Å². The molecule has 0 aliphatic carbocycles. The lowest BCUT2D eigenvalue weighted by Gasteiger charge is -2.07. The number of hydrogen-bond acceptors (Lipinski definition) is 3. The maximum Gasteiger partial charge on any atom is 0.214 e. The molecule has 0 bridgehead atoms. The number of aromatic nitrogens is 1. The van der Waals surface area contributed by atoms with E-state index in [0.717, 1.165) is 18.8 Å². The van der Waals surface area contributed by atoms with Crippen LogP contribution in [0.4, 0.5) is 0 Å². The van der Waals surface area contributed by atoms with Crippen LogP contribution in [0.1, 0.15) is 18.2 Å². The van der Waals surface area contributed by atoms with E-state index in [2.05, 4.69) is 29.9 Å². The van der Waals surface area contributed by atoms with Crippen LogP contribution in [-0.4, -0.2) is 18.1 Å². The van der Waals surface area contributed by atoms with Gasteiger partial charge >= 0.3 is 0 Å². The lowest BCUT2D eigenvalue weighted by atomic mass is 10.2. The molecule has 1 aromatic heterocycles. The third kappa shape index (κ3) is 4.13. The molecule has 0 aliphatic rings. The second kappa shape index (κ2) is 6.19. The maximum absolute atomic E-state index is 5.40. The Bertz CT molecular complexity index is 323. The molecule has 0 saturated carbocycles. The van der Waals surface area contributed by atoms with Gasteiger partial charge in [-0.15, -0.1) is 0 Å². The molecule has 15 heavy (non-hydrogen) atoms. The zero-order valence-electron chi connectivity index (χ0n) is 9.42. The van der Waals surface area contributed by atoms with Gasteiger partial charge < -0.3 is 10.1 Å². The van der Waals surface area contributed by atoms with Gasteiger partial charge in [-0.1, -0.05) is 19.6 Å². The highest BCUT2D eigenvalue weighted by Crippen LogP contribution is 2.12. The number of rotatable bonds is 6. The maximum atomic E-state index is 5.40. The predicted octanol–water partition coefficient (Wildman–Crippen LogP) is 2.06. The van der Waals surface area contributed by atoms with Gasteiger partial charge in [-0.05, 0) is 25.1 Å². The van der Waals surface area contributed by atoms with Crippen molar-refractivity contribution in [3.8, 4) is 5.88 Å². The number of aryl methyl sites for hydroxylation is 1. The molecule has 82 valence electrons. The largest absolute Gasteiger partial charge is 0.473 e. The summed E-state index contributed by atoms with van der Waals surface area (Å²) in [5.74, 6) is 0.669. The monoisotopic (exact) mass is 206 g/mol. The molecule has 1 rings (SSSR count). The second-order valence-electron chi connectivity index (χ2n) is 3.34. The van der Waals surface area contributed by atoms with Crippen molar-refractivity contribution in [2.45, 2.75) is 20.4 Å². The summed E-state index contributed by atoms with van der Waals surface area (Å²) in [5, 5.41) is 3.27. The first-order chi connectivity index (χ1) is 7.26. The standard InChI is InChI=1S/C12H18N2O/c1-4-6-15-12-8-11(9-13-5-2)7-10(3)14-12/h4,7-8,13H,1,5-6,9H2,2-3H3. The minimum absolute atomic E-state index is 0.497. The highest BCUT2D eigenvalue weighted by atomic mass is 16.5. The second-order valence-corrected chi connectivity index (χ2v) is 3.34. The third-order valence-corrected chi connectivity index (χ3v) is 1.92. The minimum Gasteiger partial charge on any atom is -0.473 e. The third-order valence-electron chi connectivity index (χ3n) is 1.92. The molecule has 1 aromatic rings. The molecule has 0 spiro atoms. The molecule has 3 heteroatoms. The van der Waals surface area contributed by atoms with Crippen molar-refractivity contribution in [2.75, 3.05) is 13.2 Å². The Hall–Kier alpha value is -1.35. The Morgan fingerprint density at radius 3 is 3.00 bits per heavy atom. The fraction of sp³-hybridized carbons (Fsp3) is 0.417. The summed E-state index contributed by atoms with van der Waals surface area (Å²) in [4.78, 5) is 4.28. The summed E-state index contributed by atoms with van der Waals surface area (Å²) < 4.78 is 5.40. The zero-order valence-corrected chi connectivity index (χ0v) is 9.42. The molecule has 1 N–H and O–H groups in total. The van der Waals surface area contributed by atoms with E-state index in [4.69, 9.17) is 4.74 Å². The van der Waals surface area contributed by atoms with Crippen LogP contribution in [0.3, 0.4) is 0 Å². The normalized spacial score (nSPS) is 10.0. The average molecular weight is 206 g/mol. The van der Waals surface area contributed by atoms with Gasteiger partial charge in [-0.25, -0.2) is 4.98 Å². The molecule has 0 amide bonds. The molecule has 0 saturated heterocycles. The van der Waals surface area contributed by atoms with Gasteiger partial charge in [0.25, 0.3) is 0 Å². The van der Waals surface area contributed by atoms with E-state index in [-0.39, 0.29) is 0 Å². The zero-order chi connectivity index (χ0) is 11.1. The van der Waals surface area contributed by atoms with Gasteiger partial charge in [-0.3, -0.25) is 0 Å². The predicted molar refractivity (Wildman–Crippen MR) is 62.0 cm³/mol. The van der Waals surface area contributed by atoms with Crippen molar-refractivity contribution in [3.05, 3.63) is 36.0 Å². The van der Waals surface area contributed by atoms with Crippen molar-refractivity contribution < 1.29 is 4.74 Å². The molecule has 0 aromatic carbocycles. The summed E-state index contributed by atoms with van der Waals surface area (Å²) in [7, 11) is 0. The lowest BCUT2D eigenvalue weighted by Crippen LogP contribution is -2.12. The Balaban J connectivity index is 2.70. The minimum atomic E-state index is 0.497.